The molecule has 2 unspecified atom stereocenters. The van der Waals surface area contributed by atoms with E-state index < -0.39 is 39.8 Å². The summed E-state index contributed by atoms with van der Waals surface area (Å²) < 4.78 is 0. The van der Waals surface area contributed by atoms with Gasteiger partial charge in [-0.1, -0.05) is 32.9 Å². The zero-order chi connectivity index (χ0) is 20.7. The first kappa shape index (κ1) is 20.3. The fourth-order valence-corrected chi connectivity index (χ4v) is 7.58. The van der Waals surface area contributed by atoms with E-state index in [4.69, 9.17) is 11.6 Å². The molecule has 28 heavy (non-hydrogen) atoms. The molecule has 0 spiro atoms. The van der Waals surface area contributed by atoms with E-state index in [1.807, 2.05) is 32.9 Å². The van der Waals surface area contributed by atoms with Gasteiger partial charge in [-0.05, 0) is 42.7 Å². The molecule has 0 heterocycles. The number of allylic oxidation sites excluding steroid dienone is 4. The topological polar surface area (TPSA) is 94.8 Å². The Kier molecular flexibility index (Phi) is 4.35. The van der Waals surface area contributed by atoms with E-state index in [1.165, 1.54) is 0 Å². The first-order valence-electron chi connectivity index (χ1n) is 10.1. The lowest BCUT2D eigenvalue weighted by Crippen LogP contribution is -2.68. The molecule has 8 atom stereocenters. The summed E-state index contributed by atoms with van der Waals surface area (Å²) in [4.78, 5) is 23.6. The SMILES string of the molecule is CC1C[C@H]2[C@@H]3C=CC4=CC(=O)CC[C@]4(C)[C@@]3(Cl)C(O)C[C@]2(C)[C@@]1(O)C(=O)CO. The highest BCUT2D eigenvalue weighted by Crippen LogP contribution is 2.70. The number of carbonyl (C=O) groups excluding carboxylic acids is 2. The molecule has 0 aromatic rings. The summed E-state index contributed by atoms with van der Waals surface area (Å²) in [5.74, 6) is -1.23. The Morgan fingerprint density at radius 1 is 1.36 bits per heavy atom. The van der Waals surface area contributed by atoms with Gasteiger partial charge in [-0.25, -0.2) is 0 Å². The van der Waals surface area contributed by atoms with Crippen LogP contribution in [0.25, 0.3) is 0 Å². The van der Waals surface area contributed by atoms with Gasteiger partial charge in [0.25, 0.3) is 0 Å². The van der Waals surface area contributed by atoms with Crippen LogP contribution in [0.5, 0.6) is 0 Å². The Hall–Kier alpha value is -1.01. The van der Waals surface area contributed by atoms with E-state index in [0.29, 0.717) is 19.3 Å². The quantitative estimate of drug-likeness (QED) is 0.608. The van der Waals surface area contributed by atoms with Crippen LogP contribution < -0.4 is 0 Å². The van der Waals surface area contributed by atoms with Gasteiger partial charge in [0, 0.05) is 23.2 Å². The molecule has 2 fully saturated rings. The number of rotatable bonds is 2. The number of halogens is 1. The summed E-state index contributed by atoms with van der Waals surface area (Å²) in [6.45, 7) is 4.97. The number of fused-ring (bicyclic) bond motifs is 5. The summed E-state index contributed by atoms with van der Waals surface area (Å²) in [6, 6.07) is 0. The molecule has 3 N–H and O–H groups in total. The van der Waals surface area contributed by atoms with Gasteiger partial charge in [-0.3, -0.25) is 9.59 Å². The fraction of sp³-hybridized carbons (Fsp3) is 0.727. The average Bonchev–Trinajstić information content (AvgIpc) is 2.84. The third-order valence-electron chi connectivity index (χ3n) is 8.75. The summed E-state index contributed by atoms with van der Waals surface area (Å²) in [7, 11) is 0. The molecule has 2 saturated carbocycles. The van der Waals surface area contributed by atoms with Crippen LogP contribution in [0.4, 0.5) is 0 Å². The largest absolute Gasteiger partial charge is 0.391 e. The molecule has 0 aromatic carbocycles. The van der Waals surface area contributed by atoms with Crippen molar-refractivity contribution < 1.29 is 24.9 Å². The van der Waals surface area contributed by atoms with Gasteiger partial charge in [0.05, 0.1) is 11.0 Å². The average molecular weight is 409 g/mol. The Morgan fingerprint density at radius 3 is 2.68 bits per heavy atom. The van der Waals surface area contributed by atoms with Gasteiger partial charge >= 0.3 is 0 Å². The highest BCUT2D eigenvalue weighted by atomic mass is 35.5. The van der Waals surface area contributed by atoms with Crippen molar-refractivity contribution in [3.8, 4) is 0 Å². The number of aliphatic hydroxyl groups is 3. The van der Waals surface area contributed by atoms with E-state index in [2.05, 4.69) is 0 Å². The number of hydrogen-bond donors (Lipinski definition) is 3. The predicted octanol–water partition coefficient (Wildman–Crippen LogP) is 2.17. The van der Waals surface area contributed by atoms with Crippen LogP contribution in [0.15, 0.2) is 23.8 Å². The van der Waals surface area contributed by atoms with Crippen LogP contribution in [0.3, 0.4) is 0 Å². The maximum absolute atomic E-state index is 12.6. The van der Waals surface area contributed by atoms with Crippen LogP contribution in [0, 0.1) is 28.6 Å². The number of alkyl halides is 1. The molecule has 4 aliphatic rings. The molecule has 6 heteroatoms. The van der Waals surface area contributed by atoms with Gasteiger partial charge in [0.15, 0.2) is 11.6 Å². The number of ketones is 2. The highest BCUT2D eigenvalue weighted by Gasteiger charge is 2.74. The molecule has 0 bridgehead atoms. The van der Waals surface area contributed by atoms with Crippen molar-refractivity contribution in [2.75, 3.05) is 6.61 Å². The van der Waals surface area contributed by atoms with Crippen molar-refractivity contribution in [3.63, 3.8) is 0 Å². The van der Waals surface area contributed by atoms with Crippen LogP contribution in [0.2, 0.25) is 0 Å². The third-order valence-corrected chi connectivity index (χ3v) is 9.67. The van der Waals surface area contributed by atoms with Crippen molar-refractivity contribution in [1.82, 2.24) is 0 Å². The second kappa shape index (κ2) is 6.00. The Bertz CT molecular complexity index is 805. The molecular weight excluding hydrogens is 380 g/mol. The smallest absolute Gasteiger partial charge is 0.190 e. The number of Topliss-reactive ketones (excluding diaryl/α,β-unsaturated/α-hetero) is 1. The maximum atomic E-state index is 12.6. The van der Waals surface area contributed by atoms with Gasteiger partial charge in [0.1, 0.15) is 12.2 Å². The van der Waals surface area contributed by atoms with Crippen molar-refractivity contribution >= 4 is 23.2 Å². The minimum Gasteiger partial charge on any atom is -0.391 e. The second-order valence-electron chi connectivity index (χ2n) is 9.78. The van der Waals surface area contributed by atoms with Crippen LogP contribution >= 0.6 is 11.6 Å². The summed E-state index contributed by atoms with van der Waals surface area (Å²) >= 11 is 7.30. The summed E-state index contributed by atoms with van der Waals surface area (Å²) in [5, 5.41) is 32.3. The molecule has 5 nitrogen and oxygen atoms in total. The van der Waals surface area contributed by atoms with Crippen LogP contribution in [-0.2, 0) is 9.59 Å². The third kappa shape index (κ3) is 2.09. The minimum atomic E-state index is -1.70. The Labute approximate surface area is 170 Å². The summed E-state index contributed by atoms with van der Waals surface area (Å²) in [6.07, 6.45) is 6.31. The standard InChI is InChI=1S/C22H29ClO5/c1-12-8-16-15-5-4-13-9-14(25)6-7-19(13,2)21(15,23)17(26)10-20(16,3)22(12,28)18(27)11-24/h4-5,9,12,15-17,24,26,28H,6-8,10-11H2,1-3H3/t12?,15-,16-,17?,19-,20-,21-,22-/m0/s1. The van der Waals surface area contributed by atoms with E-state index in [1.54, 1.807) is 6.08 Å². The van der Waals surface area contributed by atoms with E-state index in [9.17, 15) is 24.9 Å². The van der Waals surface area contributed by atoms with Gasteiger partial charge < -0.3 is 15.3 Å². The lowest BCUT2D eigenvalue weighted by Gasteiger charge is -2.63. The van der Waals surface area contributed by atoms with E-state index >= 15 is 0 Å². The number of carbonyl (C=O) groups is 2. The van der Waals surface area contributed by atoms with Gasteiger partial charge in [0.2, 0.25) is 0 Å². The van der Waals surface area contributed by atoms with Crippen molar-refractivity contribution in [3.05, 3.63) is 23.8 Å². The zero-order valence-electron chi connectivity index (χ0n) is 16.6. The zero-order valence-corrected chi connectivity index (χ0v) is 17.4. The molecule has 0 aliphatic heterocycles. The summed E-state index contributed by atoms with van der Waals surface area (Å²) in [5.41, 5.74) is -2.29. The highest BCUT2D eigenvalue weighted by molar-refractivity contribution is 6.26. The van der Waals surface area contributed by atoms with Crippen molar-refractivity contribution in [1.29, 1.82) is 0 Å². The van der Waals surface area contributed by atoms with Crippen molar-refractivity contribution in [2.24, 2.45) is 28.6 Å². The Balaban J connectivity index is 1.87. The number of hydrogen-bond acceptors (Lipinski definition) is 5. The maximum Gasteiger partial charge on any atom is 0.190 e. The Morgan fingerprint density at radius 2 is 2.04 bits per heavy atom. The molecule has 4 aliphatic carbocycles. The van der Waals surface area contributed by atoms with Crippen molar-refractivity contribution in [2.45, 2.75) is 63.0 Å². The normalized spacial score (nSPS) is 52.5. The molecule has 0 amide bonds. The van der Waals surface area contributed by atoms with Gasteiger partial charge in [-0.2, -0.15) is 0 Å². The van der Waals surface area contributed by atoms with E-state index in [0.717, 1.165) is 5.57 Å². The number of aliphatic hydroxyl groups excluding tert-OH is 2. The monoisotopic (exact) mass is 408 g/mol. The minimum absolute atomic E-state index is 0.0726. The van der Waals surface area contributed by atoms with Gasteiger partial charge in [-0.15, -0.1) is 11.6 Å². The molecule has 4 rings (SSSR count). The van der Waals surface area contributed by atoms with E-state index in [-0.39, 0.29) is 30.0 Å². The second-order valence-corrected chi connectivity index (χ2v) is 10.4. The lowest BCUT2D eigenvalue weighted by molar-refractivity contribution is -0.176. The molecular formula is C22H29ClO5. The molecule has 0 radical (unpaired) electrons. The fourth-order valence-electron chi connectivity index (χ4n) is 7.07. The lowest BCUT2D eigenvalue weighted by atomic mass is 9.46. The predicted molar refractivity (Wildman–Crippen MR) is 105 cm³/mol. The first-order valence-corrected chi connectivity index (χ1v) is 10.5. The van der Waals surface area contributed by atoms with Crippen LogP contribution in [0.1, 0.15) is 46.5 Å². The molecule has 0 saturated heterocycles. The first-order chi connectivity index (χ1) is 13.0. The molecule has 154 valence electrons. The van der Waals surface area contributed by atoms with Crippen LogP contribution in [-0.4, -0.2) is 50.1 Å². The molecule has 0 aromatic heterocycles.